The van der Waals surface area contributed by atoms with Gasteiger partial charge in [-0.3, -0.25) is 0 Å². The van der Waals surface area contributed by atoms with E-state index in [9.17, 15) is 9.59 Å². The molecule has 4 nitrogen and oxygen atoms in total. The molecule has 0 N–H and O–H groups in total. The van der Waals surface area contributed by atoms with E-state index in [4.69, 9.17) is 9.47 Å². The number of hydrogen-bond donors (Lipinski definition) is 0. The fraction of sp³-hybridized carbons (Fsp3) is 0.778. The fourth-order valence-corrected chi connectivity index (χ4v) is 2.24. The van der Waals surface area contributed by atoms with Gasteiger partial charge in [0.25, 0.3) is 0 Å². The van der Waals surface area contributed by atoms with Crippen LogP contribution in [0, 0.1) is 10.8 Å². The topological polar surface area (TPSA) is 52.6 Å². The molecule has 0 radical (unpaired) electrons. The Balaban J connectivity index is 4.59. The van der Waals surface area contributed by atoms with Gasteiger partial charge in [-0.25, -0.2) is 9.59 Å². The van der Waals surface area contributed by atoms with Gasteiger partial charge in [-0.05, 0) is 23.7 Å². The van der Waals surface area contributed by atoms with Gasteiger partial charge in [0.2, 0.25) is 0 Å². The maximum atomic E-state index is 11.8. The van der Waals surface area contributed by atoms with Gasteiger partial charge in [-0.15, -0.1) is 0 Å². The number of carbonyl (C=O) groups excluding carboxylic acids is 2. The molecule has 128 valence electrons. The smallest absolute Gasteiger partial charge is 0.331 e. The van der Waals surface area contributed by atoms with E-state index in [1.807, 2.05) is 55.4 Å². The Hall–Kier alpha value is -1.32. The Morgan fingerprint density at radius 2 is 1.05 bits per heavy atom. The minimum Gasteiger partial charge on any atom is -0.459 e. The summed E-state index contributed by atoms with van der Waals surface area (Å²) in [5.74, 6) is -1.02. The lowest BCUT2D eigenvalue weighted by atomic mass is 9.87. The summed E-state index contributed by atoms with van der Waals surface area (Å²) in [5, 5.41) is 0. The summed E-state index contributed by atoms with van der Waals surface area (Å²) in [7, 11) is 0. The van der Waals surface area contributed by atoms with Crippen molar-refractivity contribution >= 4 is 11.9 Å². The van der Waals surface area contributed by atoms with Crippen molar-refractivity contribution in [2.24, 2.45) is 10.8 Å². The van der Waals surface area contributed by atoms with Crippen LogP contribution in [0.2, 0.25) is 0 Å². The molecule has 4 heteroatoms. The van der Waals surface area contributed by atoms with Crippen LogP contribution in [0.4, 0.5) is 0 Å². The van der Waals surface area contributed by atoms with E-state index < -0.39 is 11.9 Å². The van der Waals surface area contributed by atoms with Crippen molar-refractivity contribution in [2.45, 2.75) is 80.4 Å². The third-order valence-electron chi connectivity index (χ3n) is 3.55. The Morgan fingerprint density at radius 1 is 0.773 bits per heavy atom. The van der Waals surface area contributed by atoms with E-state index in [1.165, 1.54) is 0 Å². The second-order valence-corrected chi connectivity index (χ2v) is 7.73. The van der Waals surface area contributed by atoms with Crippen LogP contribution in [0.5, 0.6) is 0 Å². The molecule has 0 aliphatic rings. The van der Waals surface area contributed by atoms with Gasteiger partial charge >= 0.3 is 11.9 Å². The molecule has 0 aromatic carbocycles. The molecule has 0 aliphatic carbocycles. The molecule has 0 saturated carbocycles. The molecule has 0 heterocycles. The SMILES string of the molecule is CCC(OC(=O)/C=C/C(=O)OC(CC)C(C)(C)C)C(C)(C)C. The normalized spacial score (nSPS) is 15.5. The van der Waals surface area contributed by atoms with Crippen LogP contribution in [0.15, 0.2) is 12.2 Å². The van der Waals surface area contributed by atoms with E-state index in [-0.39, 0.29) is 23.0 Å². The Labute approximate surface area is 135 Å². The molecule has 0 rings (SSSR count). The van der Waals surface area contributed by atoms with Crippen molar-refractivity contribution in [1.82, 2.24) is 0 Å². The summed E-state index contributed by atoms with van der Waals surface area (Å²) >= 11 is 0. The molecule has 0 spiro atoms. The van der Waals surface area contributed by atoms with Gasteiger partial charge in [0.1, 0.15) is 12.2 Å². The van der Waals surface area contributed by atoms with E-state index in [0.717, 1.165) is 25.0 Å². The molecule has 0 bridgehead atoms. The van der Waals surface area contributed by atoms with Crippen LogP contribution in [-0.4, -0.2) is 24.1 Å². The van der Waals surface area contributed by atoms with Crippen LogP contribution in [0.1, 0.15) is 68.2 Å². The molecular weight excluding hydrogens is 280 g/mol. The lowest BCUT2D eigenvalue weighted by Crippen LogP contribution is -2.31. The lowest BCUT2D eigenvalue weighted by Gasteiger charge is -2.29. The first-order valence-corrected chi connectivity index (χ1v) is 8.01. The highest BCUT2D eigenvalue weighted by Crippen LogP contribution is 2.26. The summed E-state index contributed by atoms with van der Waals surface area (Å²) in [6, 6.07) is 0. The van der Waals surface area contributed by atoms with Gasteiger partial charge in [-0.2, -0.15) is 0 Å². The molecular formula is C18H32O4. The van der Waals surface area contributed by atoms with E-state index in [0.29, 0.717) is 0 Å². The highest BCUT2D eigenvalue weighted by molar-refractivity contribution is 5.91. The van der Waals surface area contributed by atoms with E-state index in [2.05, 4.69) is 0 Å². The van der Waals surface area contributed by atoms with Crippen LogP contribution in [0.25, 0.3) is 0 Å². The van der Waals surface area contributed by atoms with Gasteiger partial charge in [-0.1, -0.05) is 55.4 Å². The molecule has 2 unspecified atom stereocenters. The van der Waals surface area contributed by atoms with E-state index >= 15 is 0 Å². The maximum Gasteiger partial charge on any atom is 0.331 e. The molecule has 22 heavy (non-hydrogen) atoms. The second-order valence-electron chi connectivity index (χ2n) is 7.73. The van der Waals surface area contributed by atoms with Gasteiger partial charge in [0, 0.05) is 12.2 Å². The van der Waals surface area contributed by atoms with Gasteiger partial charge in [0.15, 0.2) is 0 Å². The molecule has 0 amide bonds. The average Bonchev–Trinajstić information content (AvgIpc) is 2.36. The van der Waals surface area contributed by atoms with E-state index in [1.54, 1.807) is 0 Å². The maximum absolute atomic E-state index is 11.8. The predicted octanol–water partition coefficient (Wildman–Crippen LogP) is 4.28. The summed E-state index contributed by atoms with van der Waals surface area (Å²) in [6.07, 6.45) is 3.39. The van der Waals surface area contributed by atoms with Crippen LogP contribution in [0.3, 0.4) is 0 Å². The summed E-state index contributed by atoms with van der Waals surface area (Å²) < 4.78 is 10.8. The molecule has 0 aromatic rings. The van der Waals surface area contributed by atoms with Crippen molar-refractivity contribution in [3.8, 4) is 0 Å². The summed E-state index contributed by atoms with van der Waals surface area (Å²) in [4.78, 5) is 23.6. The number of esters is 2. The first-order chi connectivity index (χ1) is 9.91. The van der Waals surface area contributed by atoms with Crippen LogP contribution < -0.4 is 0 Å². The van der Waals surface area contributed by atoms with Crippen molar-refractivity contribution in [1.29, 1.82) is 0 Å². The zero-order valence-corrected chi connectivity index (χ0v) is 15.4. The van der Waals surface area contributed by atoms with Crippen molar-refractivity contribution in [3.63, 3.8) is 0 Å². The number of ether oxygens (including phenoxy) is 2. The Morgan fingerprint density at radius 3 is 1.23 bits per heavy atom. The third-order valence-corrected chi connectivity index (χ3v) is 3.55. The van der Waals surface area contributed by atoms with Gasteiger partial charge < -0.3 is 9.47 Å². The number of hydrogen-bond acceptors (Lipinski definition) is 4. The monoisotopic (exact) mass is 312 g/mol. The van der Waals surface area contributed by atoms with Crippen molar-refractivity contribution in [3.05, 3.63) is 12.2 Å². The van der Waals surface area contributed by atoms with Crippen LogP contribution >= 0.6 is 0 Å². The van der Waals surface area contributed by atoms with Crippen molar-refractivity contribution < 1.29 is 19.1 Å². The average molecular weight is 312 g/mol. The summed E-state index contributed by atoms with van der Waals surface area (Å²) in [5.41, 5.74) is -0.253. The highest BCUT2D eigenvalue weighted by atomic mass is 16.5. The number of carbonyl (C=O) groups is 2. The quantitative estimate of drug-likeness (QED) is 0.542. The fourth-order valence-electron chi connectivity index (χ4n) is 2.24. The third kappa shape index (κ3) is 7.62. The van der Waals surface area contributed by atoms with Crippen molar-refractivity contribution in [2.75, 3.05) is 0 Å². The molecule has 0 saturated heterocycles. The Kier molecular flexibility index (Phi) is 7.85. The first kappa shape index (κ1) is 20.7. The molecule has 2 atom stereocenters. The summed E-state index contributed by atoms with van der Waals surface area (Å²) in [6.45, 7) is 16.0. The second kappa shape index (κ2) is 8.35. The highest BCUT2D eigenvalue weighted by Gasteiger charge is 2.27. The van der Waals surface area contributed by atoms with Gasteiger partial charge in [0.05, 0.1) is 0 Å². The Bertz CT molecular complexity index is 358. The molecule has 0 aliphatic heterocycles. The minimum atomic E-state index is -0.512. The zero-order valence-electron chi connectivity index (χ0n) is 15.4. The number of rotatable bonds is 6. The lowest BCUT2D eigenvalue weighted by molar-refractivity contribution is -0.151. The largest absolute Gasteiger partial charge is 0.459 e. The molecule has 0 aromatic heterocycles. The predicted molar refractivity (Wildman–Crippen MR) is 88.4 cm³/mol. The standard InChI is InChI=1S/C18H32O4/c1-9-13(17(3,4)5)21-15(19)11-12-16(20)22-14(10-2)18(6,7)8/h11-14H,9-10H2,1-8H3/b12-11+. The molecule has 0 fully saturated rings. The minimum absolute atomic E-state index is 0.127. The first-order valence-electron chi connectivity index (χ1n) is 8.01. The van der Waals surface area contributed by atoms with Crippen LogP contribution in [-0.2, 0) is 19.1 Å². The zero-order chi connectivity index (χ0) is 17.6.